The van der Waals surface area contributed by atoms with Gasteiger partial charge in [0.1, 0.15) is 11.6 Å². The van der Waals surface area contributed by atoms with Crippen LogP contribution in [0.25, 0.3) is 0 Å². The van der Waals surface area contributed by atoms with E-state index in [0.717, 1.165) is 23.3 Å². The highest BCUT2D eigenvalue weighted by Crippen LogP contribution is 2.26. The van der Waals surface area contributed by atoms with Crippen molar-refractivity contribution in [2.45, 2.75) is 13.0 Å². The quantitative estimate of drug-likeness (QED) is 0.874. The highest BCUT2D eigenvalue weighted by atomic mass is 19.1. The van der Waals surface area contributed by atoms with E-state index in [-0.39, 0.29) is 6.04 Å². The number of halogens is 2. The standard InChI is InChI=1S/C15H15F2N/c1-10-5-3-4-6-12(10)15(18-2)13-9-11(16)7-8-14(13)17/h3-9,15,18H,1-2H3. The molecule has 0 spiro atoms. The first-order valence-corrected chi connectivity index (χ1v) is 5.81. The van der Waals surface area contributed by atoms with Gasteiger partial charge >= 0.3 is 0 Å². The van der Waals surface area contributed by atoms with Gasteiger partial charge in [0.25, 0.3) is 0 Å². The molecule has 0 heterocycles. The molecule has 1 unspecified atom stereocenters. The van der Waals surface area contributed by atoms with Crippen LogP contribution in [0.5, 0.6) is 0 Å². The Balaban J connectivity index is 2.52. The molecule has 0 aliphatic heterocycles. The predicted octanol–water partition coefficient (Wildman–Crippen LogP) is 3.58. The summed E-state index contributed by atoms with van der Waals surface area (Å²) in [6.07, 6.45) is 0. The third-order valence-corrected chi connectivity index (χ3v) is 3.06. The molecule has 1 atom stereocenters. The molecule has 2 aromatic rings. The van der Waals surface area contributed by atoms with Crippen molar-refractivity contribution in [2.24, 2.45) is 0 Å². The number of benzene rings is 2. The van der Waals surface area contributed by atoms with Gasteiger partial charge in [-0.3, -0.25) is 0 Å². The van der Waals surface area contributed by atoms with Crippen LogP contribution in [0.15, 0.2) is 42.5 Å². The molecule has 0 amide bonds. The van der Waals surface area contributed by atoms with E-state index in [0.29, 0.717) is 5.56 Å². The minimum atomic E-state index is -0.430. The van der Waals surface area contributed by atoms with Gasteiger partial charge in [-0.05, 0) is 43.3 Å². The SMILES string of the molecule is CNC(c1ccccc1C)c1cc(F)ccc1F. The highest BCUT2D eigenvalue weighted by molar-refractivity contribution is 5.37. The van der Waals surface area contributed by atoms with E-state index in [1.807, 2.05) is 31.2 Å². The fourth-order valence-electron chi connectivity index (χ4n) is 2.13. The maximum Gasteiger partial charge on any atom is 0.128 e. The van der Waals surface area contributed by atoms with Crippen LogP contribution in [0, 0.1) is 18.6 Å². The summed E-state index contributed by atoms with van der Waals surface area (Å²) >= 11 is 0. The van der Waals surface area contributed by atoms with E-state index >= 15 is 0 Å². The Hall–Kier alpha value is -1.74. The lowest BCUT2D eigenvalue weighted by atomic mass is 9.95. The second-order valence-corrected chi connectivity index (χ2v) is 4.24. The molecule has 18 heavy (non-hydrogen) atoms. The number of hydrogen-bond donors (Lipinski definition) is 1. The molecule has 1 nitrogen and oxygen atoms in total. The van der Waals surface area contributed by atoms with Crippen LogP contribution < -0.4 is 5.32 Å². The van der Waals surface area contributed by atoms with Gasteiger partial charge in [-0.15, -0.1) is 0 Å². The summed E-state index contributed by atoms with van der Waals surface area (Å²) in [5.74, 6) is -0.834. The topological polar surface area (TPSA) is 12.0 Å². The van der Waals surface area contributed by atoms with E-state index < -0.39 is 11.6 Å². The zero-order valence-corrected chi connectivity index (χ0v) is 10.4. The van der Waals surface area contributed by atoms with Crippen molar-refractivity contribution in [3.63, 3.8) is 0 Å². The maximum absolute atomic E-state index is 13.8. The Kier molecular flexibility index (Phi) is 3.72. The van der Waals surface area contributed by atoms with E-state index in [4.69, 9.17) is 0 Å². The zero-order chi connectivity index (χ0) is 13.1. The minimum Gasteiger partial charge on any atom is -0.309 e. The lowest BCUT2D eigenvalue weighted by Crippen LogP contribution is -2.20. The predicted molar refractivity (Wildman–Crippen MR) is 68.4 cm³/mol. The Morgan fingerprint density at radius 3 is 2.39 bits per heavy atom. The van der Waals surface area contributed by atoms with Crippen LogP contribution >= 0.6 is 0 Å². The van der Waals surface area contributed by atoms with Crippen molar-refractivity contribution in [2.75, 3.05) is 7.05 Å². The smallest absolute Gasteiger partial charge is 0.128 e. The highest BCUT2D eigenvalue weighted by Gasteiger charge is 2.18. The monoisotopic (exact) mass is 247 g/mol. The van der Waals surface area contributed by atoms with Crippen LogP contribution in [-0.2, 0) is 0 Å². The van der Waals surface area contributed by atoms with Crippen molar-refractivity contribution in [1.29, 1.82) is 0 Å². The second kappa shape index (κ2) is 5.27. The molecule has 0 saturated carbocycles. The first-order valence-electron chi connectivity index (χ1n) is 5.81. The molecule has 0 bridgehead atoms. The molecule has 0 aromatic heterocycles. The third kappa shape index (κ3) is 2.41. The number of aryl methyl sites for hydroxylation is 1. The first kappa shape index (κ1) is 12.7. The van der Waals surface area contributed by atoms with Crippen molar-refractivity contribution in [1.82, 2.24) is 5.32 Å². The van der Waals surface area contributed by atoms with Crippen LogP contribution in [0.1, 0.15) is 22.7 Å². The van der Waals surface area contributed by atoms with E-state index in [1.165, 1.54) is 6.07 Å². The Labute approximate surface area is 105 Å². The summed E-state index contributed by atoms with van der Waals surface area (Å²) in [7, 11) is 1.74. The molecule has 1 N–H and O–H groups in total. The van der Waals surface area contributed by atoms with Gasteiger partial charge in [-0.25, -0.2) is 8.78 Å². The number of rotatable bonds is 3. The maximum atomic E-state index is 13.8. The Morgan fingerprint density at radius 1 is 1.00 bits per heavy atom. The largest absolute Gasteiger partial charge is 0.309 e. The van der Waals surface area contributed by atoms with Gasteiger partial charge < -0.3 is 5.32 Å². The molecule has 3 heteroatoms. The molecule has 94 valence electrons. The van der Waals surface area contributed by atoms with Gasteiger partial charge in [0, 0.05) is 5.56 Å². The molecule has 0 radical (unpaired) electrons. The number of hydrogen-bond acceptors (Lipinski definition) is 1. The summed E-state index contributed by atoms with van der Waals surface area (Å²) in [4.78, 5) is 0. The third-order valence-electron chi connectivity index (χ3n) is 3.06. The number of nitrogens with one attached hydrogen (secondary N) is 1. The molecular formula is C15H15F2N. The second-order valence-electron chi connectivity index (χ2n) is 4.24. The van der Waals surface area contributed by atoms with Crippen molar-refractivity contribution in [3.8, 4) is 0 Å². The van der Waals surface area contributed by atoms with Crippen molar-refractivity contribution >= 4 is 0 Å². The van der Waals surface area contributed by atoms with E-state index in [2.05, 4.69) is 5.32 Å². The van der Waals surface area contributed by atoms with Gasteiger partial charge in [-0.1, -0.05) is 24.3 Å². The van der Waals surface area contributed by atoms with E-state index in [1.54, 1.807) is 7.05 Å². The van der Waals surface area contributed by atoms with Gasteiger partial charge in [0.05, 0.1) is 6.04 Å². The molecule has 0 saturated heterocycles. The summed E-state index contributed by atoms with van der Waals surface area (Å²) < 4.78 is 27.1. The molecule has 2 aromatic carbocycles. The first-order chi connectivity index (χ1) is 8.63. The molecule has 0 fully saturated rings. The average Bonchev–Trinajstić information content (AvgIpc) is 2.36. The normalized spacial score (nSPS) is 12.4. The van der Waals surface area contributed by atoms with Crippen LogP contribution in [0.4, 0.5) is 8.78 Å². The lowest BCUT2D eigenvalue weighted by molar-refractivity contribution is 0.557. The lowest BCUT2D eigenvalue weighted by Gasteiger charge is -2.20. The van der Waals surface area contributed by atoms with Gasteiger partial charge in [0.15, 0.2) is 0 Å². The van der Waals surface area contributed by atoms with Crippen LogP contribution in [0.3, 0.4) is 0 Å². The Bertz CT molecular complexity index is 552. The summed E-state index contributed by atoms with van der Waals surface area (Å²) in [5.41, 5.74) is 2.32. The minimum absolute atomic E-state index is 0.326. The van der Waals surface area contributed by atoms with Crippen LogP contribution in [0.2, 0.25) is 0 Å². The van der Waals surface area contributed by atoms with E-state index in [9.17, 15) is 8.78 Å². The summed E-state index contributed by atoms with van der Waals surface area (Å²) in [6, 6.07) is 10.9. The Morgan fingerprint density at radius 2 is 1.72 bits per heavy atom. The molecular weight excluding hydrogens is 232 g/mol. The molecule has 0 aliphatic carbocycles. The fourth-order valence-corrected chi connectivity index (χ4v) is 2.13. The summed E-state index contributed by atoms with van der Waals surface area (Å²) in [6.45, 7) is 1.96. The van der Waals surface area contributed by atoms with Crippen molar-refractivity contribution < 1.29 is 8.78 Å². The van der Waals surface area contributed by atoms with Crippen LogP contribution in [-0.4, -0.2) is 7.05 Å². The molecule has 2 rings (SSSR count). The average molecular weight is 247 g/mol. The summed E-state index contributed by atoms with van der Waals surface area (Å²) in [5, 5.41) is 3.04. The fraction of sp³-hybridized carbons (Fsp3) is 0.200. The van der Waals surface area contributed by atoms with Gasteiger partial charge in [0.2, 0.25) is 0 Å². The van der Waals surface area contributed by atoms with Gasteiger partial charge in [-0.2, -0.15) is 0 Å². The van der Waals surface area contributed by atoms with Crippen molar-refractivity contribution in [3.05, 3.63) is 70.8 Å². The zero-order valence-electron chi connectivity index (χ0n) is 10.4. The molecule has 0 aliphatic rings.